The third-order valence-electron chi connectivity index (χ3n) is 7.43. The number of aliphatic hydroxyl groups is 1. The van der Waals surface area contributed by atoms with Crippen LogP contribution in [0.15, 0.2) is 36.5 Å². The molecule has 1 aliphatic heterocycles. The third-order valence-corrected chi connectivity index (χ3v) is 7.43. The predicted molar refractivity (Wildman–Crippen MR) is 139 cm³/mol. The highest BCUT2D eigenvalue weighted by Gasteiger charge is 2.41. The largest absolute Gasteiger partial charge is 0.497 e. The van der Waals surface area contributed by atoms with Crippen LogP contribution >= 0.6 is 0 Å². The van der Waals surface area contributed by atoms with Gasteiger partial charge in [0.1, 0.15) is 11.6 Å². The summed E-state index contributed by atoms with van der Waals surface area (Å²) in [6.07, 6.45) is 1.78. The molecule has 4 rings (SSSR count). The SMILES string of the molecule is COc1ccc2ncc(CN)c(C(O)CCC3(C(=O)O)CCN(CC#Cc4cc(F)cc(F)c4F)CC3)c2c1. The van der Waals surface area contributed by atoms with Gasteiger partial charge in [0.2, 0.25) is 0 Å². The molecule has 2 heterocycles. The molecule has 0 radical (unpaired) electrons. The van der Waals surface area contributed by atoms with Gasteiger partial charge in [0, 0.05) is 37.3 Å². The zero-order valence-electron chi connectivity index (χ0n) is 21.5. The maximum Gasteiger partial charge on any atom is 0.309 e. The number of aliphatic hydroxyl groups excluding tert-OH is 1. The van der Waals surface area contributed by atoms with Crippen molar-refractivity contribution in [2.45, 2.75) is 38.3 Å². The van der Waals surface area contributed by atoms with Gasteiger partial charge < -0.3 is 20.7 Å². The van der Waals surface area contributed by atoms with E-state index < -0.39 is 34.9 Å². The second kappa shape index (κ2) is 12.0. The number of nitrogens with two attached hydrogens (primary N) is 1. The number of halogens is 3. The van der Waals surface area contributed by atoms with Crippen LogP contribution < -0.4 is 10.5 Å². The molecule has 0 amide bonds. The van der Waals surface area contributed by atoms with Gasteiger partial charge in [-0.3, -0.25) is 14.7 Å². The number of hydrogen-bond acceptors (Lipinski definition) is 6. The highest BCUT2D eigenvalue weighted by Crippen LogP contribution is 2.40. The first kappa shape index (κ1) is 28.4. The minimum Gasteiger partial charge on any atom is -0.497 e. The number of likely N-dealkylation sites (tertiary alicyclic amines) is 1. The Morgan fingerprint density at radius 3 is 2.64 bits per heavy atom. The van der Waals surface area contributed by atoms with Crippen LogP contribution in [0, 0.1) is 34.7 Å². The van der Waals surface area contributed by atoms with E-state index in [2.05, 4.69) is 16.8 Å². The summed E-state index contributed by atoms with van der Waals surface area (Å²) in [5.41, 5.74) is 6.50. The molecule has 0 saturated carbocycles. The molecule has 3 aromatic rings. The Morgan fingerprint density at radius 1 is 1.23 bits per heavy atom. The monoisotopic (exact) mass is 541 g/mol. The molecule has 1 saturated heterocycles. The van der Waals surface area contributed by atoms with Crippen molar-refractivity contribution >= 4 is 16.9 Å². The molecular formula is C29H30F3N3O4. The van der Waals surface area contributed by atoms with Crippen molar-refractivity contribution in [1.29, 1.82) is 0 Å². The average molecular weight is 542 g/mol. The number of nitrogens with zero attached hydrogens (tertiary/aromatic N) is 2. The number of carboxylic acid groups (broad SMARTS) is 1. The van der Waals surface area contributed by atoms with E-state index >= 15 is 0 Å². The fourth-order valence-electron chi connectivity index (χ4n) is 5.08. The topological polar surface area (TPSA) is 109 Å². The number of carboxylic acids is 1. The molecule has 1 aliphatic rings. The summed E-state index contributed by atoms with van der Waals surface area (Å²) in [4.78, 5) is 18.7. The van der Waals surface area contributed by atoms with Gasteiger partial charge in [0.25, 0.3) is 0 Å². The number of methoxy groups -OCH3 is 1. The first-order valence-corrected chi connectivity index (χ1v) is 12.6. The molecule has 4 N–H and O–H groups in total. The maximum absolute atomic E-state index is 13.8. The van der Waals surface area contributed by atoms with Gasteiger partial charge in [0.05, 0.1) is 36.3 Å². The number of carbonyl (C=O) groups is 1. The number of benzene rings is 2. The van der Waals surface area contributed by atoms with E-state index in [1.165, 1.54) is 0 Å². The van der Waals surface area contributed by atoms with Crippen LogP contribution in [-0.2, 0) is 11.3 Å². The first-order chi connectivity index (χ1) is 18.7. The predicted octanol–water partition coefficient (Wildman–Crippen LogP) is 4.15. The van der Waals surface area contributed by atoms with Gasteiger partial charge in [-0.05, 0) is 61.1 Å². The summed E-state index contributed by atoms with van der Waals surface area (Å²) in [5.74, 6) is 1.43. The molecular weight excluding hydrogens is 511 g/mol. The highest BCUT2D eigenvalue weighted by molar-refractivity contribution is 5.85. The van der Waals surface area contributed by atoms with Crippen LogP contribution in [0.4, 0.5) is 13.2 Å². The molecule has 2 aromatic carbocycles. The summed E-state index contributed by atoms with van der Waals surface area (Å²) < 4.78 is 45.9. The Kier molecular flexibility index (Phi) is 8.75. The van der Waals surface area contributed by atoms with Gasteiger partial charge in [-0.15, -0.1) is 0 Å². The van der Waals surface area contributed by atoms with E-state index in [0.29, 0.717) is 59.8 Å². The number of aromatic nitrogens is 1. The summed E-state index contributed by atoms with van der Waals surface area (Å²) in [7, 11) is 1.55. The van der Waals surface area contributed by atoms with Crippen LogP contribution in [0.5, 0.6) is 5.75 Å². The van der Waals surface area contributed by atoms with Crippen molar-refractivity contribution in [3.63, 3.8) is 0 Å². The number of fused-ring (bicyclic) bond motifs is 1. The van der Waals surface area contributed by atoms with Gasteiger partial charge in [0.15, 0.2) is 11.6 Å². The number of hydrogen-bond donors (Lipinski definition) is 3. The molecule has 1 atom stereocenters. The van der Waals surface area contributed by atoms with E-state index in [0.717, 1.165) is 6.07 Å². The van der Waals surface area contributed by atoms with Gasteiger partial charge in [-0.1, -0.05) is 11.8 Å². The van der Waals surface area contributed by atoms with Gasteiger partial charge >= 0.3 is 5.97 Å². The normalized spacial score (nSPS) is 15.9. The Morgan fingerprint density at radius 2 is 1.97 bits per heavy atom. The highest BCUT2D eigenvalue weighted by atomic mass is 19.2. The van der Waals surface area contributed by atoms with E-state index in [4.69, 9.17) is 10.5 Å². The molecule has 1 unspecified atom stereocenters. The zero-order valence-corrected chi connectivity index (χ0v) is 21.5. The second-order valence-electron chi connectivity index (χ2n) is 9.75. The van der Waals surface area contributed by atoms with Crippen molar-refractivity contribution in [3.05, 3.63) is 70.7 Å². The number of aliphatic carboxylic acids is 1. The lowest BCUT2D eigenvalue weighted by Gasteiger charge is -2.38. The Labute approximate surface area is 224 Å². The molecule has 1 aromatic heterocycles. The molecule has 39 heavy (non-hydrogen) atoms. The molecule has 0 bridgehead atoms. The van der Waals surface area contributed by atoms with Crippen LogP contribution in [0.1, 0.15) is 48.5 Å². The van der Waals surface area contributed by atoms with E-state index in [1.807, 2.05) is 4.90 Å². The Bertz CT molecular complexity index is 1420. The van der Waals surface area contributed by atoms with Crippen molar-refractivity contribution in [2.75, 3.05) is 26.7 Å². The maximum atomic E-state index is 13.8. The van der Waals surface area contributed by atoms with Crippen LogP contribution in [-0.4, -0.2) is 52.8 Å². The summed E-state index contributed by atoms with van der Waals surface area (Å²) in [5, 5.41) is 22.1. The first-order valence-electron chi connectivity index (χ1n) is 12.6. The van der Waals surface area contributed by atoms with Crippen LogP contribution in [0.25, 0.3) is 10.9 Å². The summed E-state index contributed by atoms with van der Waals surface area (Å²) in [6.45, 7) is 1.19. The van der Waals surface area contributed by atoms with E-state index in [9.17, 15) is 28.2 Å². The molecule has 206 valence electrons. The third kappa shape index (κ3) is 6.17. The molecule has 7 nitrogen and oxygen atoms in total. The molecule has 1 fully saturated rings. The zero-order chi connectivity index (χ0) is 28.2. The minimum absolute atomic E-state index is 0.165. The van der Waals surface area contributed by atoms with Gasteiger partial charge in [-0.2, -0.15) is 0 Å². The van der Waals surface area contributed by atoms with Gasteiger partial charge in [-0.25, -0.2) is 13.2 Å². The molecule has 0 aliphatic carbocycles. The Hall–Kier alpha value is -3.65. The Balaban J connectivity index is 1.44. The summed E-state index contributed by atoms with van der Waals surface area (Å²) in [6, 6.07) is 6.65. The molecule has 10 heteroatoms. The number of rotatable bonds is 8. The van der Waals surface area contributed by atoms with Crippen LogP contribution in [0.2, 0.25) is 0 Å². The lowest BCUT2D eigenvalue weighted by Crippen LogP contribution is -2.44. The van der Waals surface area contributed by atoms with Crippen molar-refractivity contribution < 1.29 is 32.9 Å². The molecule has 0 spiro atoms. The fraction of sp³-hybridized carbons (Fsp3) is 0.379. The van der Waals surface area contributed by atoms with Crippen molar-refractivity contribution in [1.82, 2.24) is 9.88 Å². The van der Waals surface area contributed by atoms with E-state index in [-0.39, 0.29) is 31.5 Å². The standard InChI is InChI=1S/C29H30F3N3O4/c1-39-21-4-5-24-22(15-21)26(19(16-33)17-34-24)25(36)6-7-29(28(37)38)8-11-35(12-9-29)10-2-3-18-13-20(30)14-23(31)27(18)32/h4-5,13-15,17,25,36H,6-12,16,33H2,1H3,(H,37,38). The fourth-order valence-corrected chi connectivity index (χ4v) is 5.08. The number of piperidine rings is 1. The quantitative estimate of drug-likeness (QED) is 0.290. The smallest absolute Gasteiger partial charge is 0.309 e. The number of ether oxygens (including phenoxy) is 1. The number of pyridine rings is 1. The minimum atomic E-state index is -1.30. The van der Waals surface area contributed by atoms with E-state index in [1.54, 1.807) is 31.5 Å². The van der Waals surface area contributed by atoms with Crippen molar-refractivity contribution in [2.24, 2.45) is 11.1 Å². The lowest BCUT2D eigenvalue weighted by atomic mass is 9.74. The van der Waals surface area contributed by atoms with Crippen LogP contribution in [0.3, 0.4) is 0 Å². The lowest BCUT2D eigenvalue weighted by molar-refractivity contribution is -0.153. The second-order valence-corrected chi connectivity index (χ2v) is 9.75. The average Bonchev–Trinajstić information content (AvgIpc) is 2.93. The van der Waals surface area contributed by atoms with Crippen molar-refractivity contribution in [3.8, 4) is 17.6 Å². The summed E-state index contributed by atoms with van der Waals surface area (Å²) >= 11 is 0.